The third-order valence-electron chi connectivity index (χ3n) is 4.27. The first-order valence-corrected chi connectivity index (χ1v) is 7.74. The van der Waals surface area contributed by atoms with Crippen LogP contribution >= 0.6 is 0 Å². The van der Waals surface area contributed by atoms with Crippen LogP contribution in [0.1, 0.15) is 28.2 Å². The molecule has 0 spiro atoms. The van der Waals surface area contributed by atoms with E-state index in [0.717, 1.165) is 18.7 Å². The number of aliphatic hydroxyl groups excluding tert-OH is 1. The van der Waals surface area contributed by atoms with Crippen LogP contribution in [0.25, 0.3) is 0 Å². The van der Waals surface area contributed by atoms with Crippen LogP contribution in [-0.2, 0) is 6.54 Å². The number of rotatable bonds is 5. The fourth-order valence-electron chi connectivity index (χ4n) is 2.99. The van der Waals surface area contributed by atoms with E-state index in [-0.39, 0.29) is 18.6 Å². The summed E-state index contributed by atoms with van der Waals surface area (Å²) in [6, 6.07) is 2.05. The van der Waals surface area contributed by atoms with Gasteiger partial charge >= 0.3 is 0 Å². The molecule has 23 heavy (non-hydrogen) atoms. The average molecular weight is 319 g/mol. The molecule has 0 aromatic carbocycles. The summed E-state index contributed by atoms with van der Waals surface area (Å²) in [5.74, 6) is 0.427. The monoisotopic (exact) mass is 319 g/mol. The molecule has 0 aliphatic carbocycles. The smallest absolute Gasteiger partial charge is 0.276 e. The quantitative estimate of drug-likeness (QED) is 0.894. The van der Waals surface area contributed by atoms with Crippen molar-refractivity contribution in [2.75, 3.05) is 26.2 Å². The van der Waals surface area contributed by atoms with Gasteiger partial charge in [0.15, 0.2) is 12.1 Å². The number of amides is 1. The largest absolute Gasteiger partial charge is 0.472 e. The molecular formula is C16H21N3O4. The van der Waals surface area contributed by atoms with Crippen molar-refractivity contribution in [1.82, 2.24) is 14.8 Å². The molecule has 3 heterocycles. The van der Waals surface area contributed by atoms with Crippen molar-refractivity contribution in [3.8, 4) is 0 Å². The topological polar surface area (TPSA) is 83.0 Å². The van der Waals surface area contributed by atoms with Gasteiger partial charge in [0.1, 0.15) is 5.76 Å². The standard InChI is InChI=1S/C16H21N3O4/c1-12-15(17-11-23-12)16(21)19-5-4-18(14(9-19)2-6-20)8-13-3-7-22-10-13/h3,7,10-11,14,20H,2,4-6,8-9H2,1H3. The Bertz CT molecular complexity index is 638. The molecule has 0 radical (unpaired) electrons. The third-order valence-corrected chi connectivity index (χ3v) is 4.27. The zero-order valence-corrected chi connectivity index (χ0v) is 13.1. The highest BCUT2D eigenvalue weighted by atomic mass is 16.3. The number of aromatic nitrogens is 1. The van der Waals surface area contributed by atoms with E-state index in [1.165, 1.54) is 6.39 Å². The van der Waals surface area contributed by atoms with Crippen LogP contribution in [0.4, 0.5) is 0 Å². The highest BCUT2D eigenvalue weighted by molar-refractivity contribution is 5.93. The number of carbonyl (C=O) groups excluding carboxylic acids is 1. The molecule has 1 unspecified atom stereocenters. The summed E-state index contributed by atoms with van der Waals surface area (Å²) in [5.41, 5.74) is 1.47. The van der Waals surface area contributed by atoms with Crippen molar-refractivity contribution >= 4 is 5.91 Å². The maximum absolute atomic E-state index is 12.6. The molecular weight excluding hydrogens is 298 g/mol. The van der Waals surface area contributed by atoms with E-state index < -0.39 is 0 Å². The lowest BCUT2D eigenvalue weighted by atomic mass is 10.1. The molecule has 1 amide bonds. The Labute approximate surface area is 134 Å². The second-order valence-electron chi connectivity index (χ2n) is 5.78. The second-order valence-corrected chi connectivity index (χ2v) is 5.78. The number of aliphatic hydroxyl groups is 1. The number of piperazine rings is 1. The number of nitrogens with zero attached hydrogens (tertiary/aromatic N) is 3. The summed E-state index contributed by atoms with van der Waals surface area (Å²) in [5, 5.41) is 9.34. The van der Waals surface area contributed by atoms with Gasteiger partial charge in [0.05, 0.1) is 12.5 Å². The van der Waals surface area contributed by atoms with Crippen molar-refractivity contribution in [1.29, 1.82) is 0 Å². The van der Waals surface area contributed by atoms with Gasteiger partial charge in [-0.25, -0.2) is 4.98 Å². The lowest BCUT2D eigenvalue weighted by Gasteiger charge is -2.41. The van der Waals surface area contributed by atoms with Crippen LogP contribution in [0.5, 0.6) is 0 Å². The SMILES string of the molecule is Cc1ocnc1C(=O)N1CCN(Cc2ccoc2)C(CCO)C1. The number of oxazole rings is 1. The molecule has 2 aromatic rings. The fourth-order valence-corrected chi connectivity index (χ4v) is 2.99. The van der Waals surface area contributed by atoms with Crippen molar-refractivity contribution in [3.63, 3.8) is 0 Å². The van der Waals surface area contributed by atoms with Gasteiger partial charge in [0, 0.05) is 44.4 Å². The molecule has 7 nitrogen and oxygen atoms in total. The van der Waals surface area contributed by atoms with E-state index in [0.29, 0.717) is 31.0 Å². The van der Waals surface area contributed by atoms with Gasteiger partial charge in [0.25, 0.3) is 5.91 Å². The van der Waals surface area contributed by atoms with Crippen LogP contribution in [0.2, 0.25) is 0 Å². The van der Waals surface area contributed by atoms with Crippen molar-refractivity contribution in [2.24, 2.45) is 0 Å². The molecule has 3 rings (SSSR count). The number of furan rings is 1. The number of carbonyl (C=O) groups is 1. The predicted molar refractivity (Wildman–Crippen MR) is 81.8 cm³/mol. The van der Waals surface area contributed by atoms with Gasteiger partial charge in [-0.3, -0.25) is 9.69 Å². The summed E-state index contributed by atoms with van der Waals surface area (Å²) in [7, 11) is 0. The number of hydrogen-bond donors (Lipinski definition) is 1. The Morgan fingerprint density at radius 2 is 2.35 bits per heavy atom. The molecule has 1 fully saturated rings. The Morgan fingerprint density at radius 3 is 3.00 bits per heavy atom. The highest BCUT2D eigenvalue weighted by Gasteiger charge is 2.31. The molecule has 7 heteroatoms. The van der Waals surface area contributed by atoms with Gasteiger partial charge in [-0.1, -0.05) is 0 Å². The van der Waals surface area contributed by atoms with Crippen molar-refractivity contribution in [3.05, 3.63) is 42.0 Å². The van der Waals surface area contributed by atoms with E-state index in [1.54, 1.807) is 24.3 Å². The van der Waals surface area contributed by atoms with Crippen molar-refractivity contribution < 1.29 is 18.7 Å². The van der Waals surface area contributed by atoms with E-state index in [2.05, 4.69) is 9.88 Å². The highest BCUT2D eigenvalue weighted by Crippen LogP contribution is 2.19. The zero-order chi connectivity index (χ0) is 16.2. The normalized spacial score (nSPS) is 19.2. The van der Waals surface area contributed by atoms with Gasteiger partial charge < -0.3 is 18.8 Å². The van der Waals surface area contributed by atoms with Gasteiger partial charge in [-0.15, -0.1) is 0 Å². The Morgan fingerprint density at radius 1 is 1.48 bits per heavy atom. The molecule has 1 saturated heterocycles. The minimum absolute atomic E-state index is 0.0948. The summed E-state index contributed by atoms with van der Waals surface area (Å²) in [4.78, 5) is 20.6. The van der Waals surface area contributed by atoms with E-state index in [9.17, 15) is 9.90 Å². The molecule has 1 aliphatic heterocycles. The summed E-state index contributed by atoms with van der Waals surface area (Å²) in [6.07, 6.45) is 5.30. The van der Waals surface area contributed by atoms with Crippen LogP contribution in [0, 0.1) is 6.92 Å². The van der Waals surface area contributed by atoms with Gasteiger partial charge in [-0.2, -0.15) is 0 Å². The Hall–Kier alpha value is -2.12. The maximum atomic E-state index is 12.6. The third kappa shape index (κ3) is 3.46. The predicted octanol–water partition coefficient (Wildman–Crippen LogP) is 1.29. The molecule has 2 aromatic heterocycles. The minimum Gasteiger partial charge on any atom is -0.472 e. The van der Waals surface area contributed by atoms with E-state index in [1.807, 2.05) is 6.07 Å². The number of aryl methyl sites for hydroxylation is 1. The van der Waals surface area contributed by atoms with Gasteiger partial charge in [0.2, 0.25) is 0 Å². The fraction of sp³-hybridized carbons (Fsp3) is 0.500. The Kier molecular flexibility index (Phi) is 4.78. The van der Waals surface area contributed by atoms with E-state index in [4.69, 9.17) is 8.83 Å². The second kappa shape index (κ2) is 6.97. The molecule has 1 atom stereocenters. The van der Waals surface area contributed by atoms with Gasteiger partial charge in [-0.05, 0) is 19.4 Å². The molecule has 0 saturated carbocycles. The van der Waals surface area contributed by atoms with Crippen LogP contribution in [0.3, 0.4) is 0 Å². The van der Waals surface area contributed by atoms with Crippen LogP contribution < -0.4 is 0 Å². The summed E-state index contributed by atoms with van der Waals surface area (Å²) in [6.45, 7) is 4.54. The molecule has 1 N–H and O–H groups in total. The molecule has 0 bridgehead atoms. The van der Waals surface area contributed by atoms with Crippen LogP contribution in [0.15, 0.2) is 33.8 Å². The first kappa shape index (κ1) is 15.8. The number of hydrogen-bond acceptors (Lipinski definition) is 6. The van der Waals surface area contributed by atoms with E-state index >= 15 is 0 Å². The van der Waals surface area contributed by atoms with Crippen molar-refractivity contribution in [2.45, 2.75) is 25.9 Å². The Balaban J connectivity index is 1.68. The lowest BCUT2D eigenvalue weighted by molar-refractivity contribution is 0.0389. The minimum atomic E-state index is -0.109. The lowest BCUT2D eigenvalue weighted by Crippen LogP contribution is -2.54. The average Bonchev–Trinajstić information content (AvgIpc) is 3.20. The zero-order valence-electron chi connectivity index (χ0n) is 13.1. The van der Waals surface area contributed by atoms with Crippen LogP contribution in [-0.4, -0.2) is 58.1 Å². The summed E-state index contributed by atoms with van der Waals surface area (Å²) < 4.78 is 10.2. The summed E-state index contributed by atoms with van der Waals surface area (Å²) >= 11 is 0. The first-order valence-electron chi connectivity index (χ1n) is 7.74. The maximum Gasteiger partial charge on any atom is 0.276 e. The molecule has 124 valence electrons. The first-order chi connectivity index (χ1) is 11.2. The molecule has 1 aliphatic rings.